The van der Waals surface area contributed by atoms with Gasteiger partial charge in [0.2, 0.25) is 11.8 Å². The molecule has 1 unspecified atom stereocenters. The molecule has 2 amide bonds. The Morgan fingerprint density at radius 3 is 1.98 bits per heavy atom. The highest BCUT2D eigenvalue weighted by Gasteiger charge is 2.38. The second-order valence-electron chi connectivity index (χ2n) is 12.0. The van der Waals surface area contributed by atoms with Crippen molar-refractivity contribution in [3.05, 3.63) is 130 Å². The molecule has 0 bridgehead atoms. The van der Waals surface area contributed by atoms with E-state index in [1.165, 1.54) is 29.2 Å². The zero-order valence-electron chi connectivity index (χ0n) is 26.3. The van der Waals surface area contributed by atoms with Crippen molar-refractivity contribution in [1.29, 1.82) is 0 Å². The van der Waals surface area contributed by atoms with Crippen LogP contribution in [0.1, 0.15) is 37.5 Å². The second-order valence-corrected chi connectivity index (χ2v) is 14.7. The molecule has 4 aromatic rings. The summed E-state index contributed by atoms with van der Waals surface area (Å²) in [6.07, 6.45) is -4.80. The molecule has 0 saturated carbocycles. The van der Waals surface area contributed by atoms with Crippen molar-refractivity contribution in [2.45, 2.75) is 56.4 Å². The van der Waals surface area contributed by atoms with Gasteiger partial charge in [-0.2, -0.15) is 13.2 Å². The van der Waals surface area contributed by atoms with Crippen molar-refractivity contribution in [3.8, 4) is 0 Å². The molecule has 0 spiro atoms. The highest BCUT2D eigenvalue weighted by molar-refractivity contribution is 7.92. The summed E-state index contributed by atoms with van der Waals surface area (Å²) in [5, 5.41) is 2.86. The first-order chi connectivity index (χ1) is 22.5. The first kappa shape index (κ1) is 36.8. The standard InChI is InChI=1S/C35H34Cl2F3N3O4S/c1-34(2,3)41-33(45)31(20-24-12-6-4-7-13-24)42(22-25-14-10-11-17-28(25)36)32(44)23-43(48(46,47)27-15-8-5-9-16-27)30-21-26(35(38,39)40)18-19-29(30)37/h4-19,21,31H,20,22-23H2,1-3H3,(H,41,45). The number of sulfonamides is 1. The number of benzene rings is 4. The Hall–Kier alpha value is -4.06. The number of hydrogen-bond donors (Lipinski definition) is 1. The molecule has 0 aliphatic rings. The average Bonchev–Trinajstić information content (AvgIpc) is 3.02. The predicted octanol–water partition coefficient (Wildman–Crippen LogP) is 7.76. The van der Waals surface area contributed by atoms with Gasteiger partial charge in [-0.3, -0.25) is 13.9 Å². The maximum Gasteiger partial charge on any atom is 0.416 e. The molecule has 0 heterocycles. The molecule has 0 fully saturated rings. The van der Waals surface area contributed by atoms with Crippen molar-refractivity contribution < 1.29 is 31.2 Å². The number of amides is 2. The monoisotopic (exact) mass is 719 g/mol. The lowest BCUT2D eigenvalue weighted by molar-refractivity contribution is -0.140. The molecule has 0 aliphatic heterocycles. The van der Waals surface area contributed by atoms with Crippen molar-refractivity contribution in [3.63, 3.8) is 0 Å². The van der Waals surface area contributed by atoms with Crippen LogP contribution in [0.25, 0.3) is 0 Å². The molecular weight excluding hydrogens is 686 g/mol. The predicted molar refractivity (Wildman–Crippen MR) is 181 cm³/mol. The number of halogens is 5. The van der Waals surface area contributed by atoms with Crippen molar-refractivity contribution in [2.75, 3.05) is 10.8 Å². The first-order valence-electron chi connectivity index (χ1n) is 14.8. The molecule has 1 atom stereocenters. The van der Waals surface area contributed by atoms with E-state index < -0.39 is 57.4 Å². The zero-order valence-corrected chi connectivity index (χ0v) is 28.7. The van der Waals surface area contributed by atoms with Crippen LogP contribution in [0.2, 0.25) is 10.0 Å². The number of carbonyl (C=O) groups excluding carboxylic acids is 2. The fraction of sp³-hybridized carbons (Fsp3) is 0.257. The highest BCUT2D eigenvalue weighted by Crippen LogP contribution is 2.37. The molecule has 0 saturated heterocycles. The van der Waals surface area contributed by atoms with Crippen molar-refractivity contribution in [1.82, 2.24) is 10.2 Å². The molecule has 13 heteroatoms. The van der Waals surface area contributed by atoms with Gasteiger partial charge in [-0.15, -0.1) is 0 Å². The summed E-state index contributed by atoms with van der Waals surface area (Å²) in [6.45, 7) is 4.11. The molecular formula is C35H34Cl2F3N3O4S. The summed E-state index contributed by atoms with van der Waals surface area (Å²) in [7, 11) is -4.67. The van der Waals surface area contributed by atoms with E-state index in [4.69, 9.17) is 23.2 Å². The van der Waals surface area contributed by atoms with E-state index in [2.05, 4.69) is 5.32 Å². The second kappa shape index (κ2) is 15.0. The third kappa shape index (κ3) is 9.30. The minimum Gasteiger partial charge on any atom is -0.350 e. The number of rotatable bonds is 11. The van der Waals surface area contributed by atoms with E-state index >= 15 is 0 Å². The van der Waals surface area contributed by atoms with Crippen molar-refractivity contribution >= 4 is 50.7 Å². The van der Waals surface area contributed by atoms with Gasteiger partial charge in [-0.05, 0) is 68.3 Å². The lowest BCUT2D eigenvalue weighted by atomic mass is 10.0. The number of carbonyl (C=O) groups is 2. The van der Waals surface area contributed by atoms with E-state index in [9.17, 15) is 31.2 Å². The van der Waals surface area contributed by atoms with E-state index in [0.717, 1.165) is 12.1 Å². The minimum absolute atomic E-state index is 0.0364. The normalized spacial score (nSPS) is 12.7. The Kier molecular flexibility index (Phi) is 11.5. The van der Waals surface area contributed by atoms with E-state index in [1.807, 2.05) is 0 Å². The maximum atomic E-state index is 14.5. The summed E-state index contributed by atoms with van der Waals surface area (Å²) in [5.41, 5.74) is -1.26. The van der Waals surface area contributed by atoms with Gasteiger partial charge >= 0.3 is 6.18 Å². The number of anilines is 1. The zero-order chi connectivity index (χ0) is 35.3. The lowest BCUT2D eigenvalue weighted by Crippen LogP contribution is -2.56. The summed E-state index contributed by atoms with van der Waals surface area (Å²) in [5.74, 6) is -1.41. The maximum absolute atomic E-state index is 14.5. The number of hydrogen-bond acceptors (Lipinski definition) is 4. The van der Waals surface area contributed by atoms with Crippen LogP contribution in [0.5, 0.6) is 0 Å². The van der Waals surface area contributed by atoms with Gasteiger partial charge in [0.15, 0.2) is 0 Å². The average molecular weight is 721 g/mol. The van der Waals surface area contributed by atoms with Gasteiger partial charge in [0.25, 0.3) is 10.0 Å². The molecule has 48 heavy (non-hydrogen) atoms. The first-order valence-corrected chi connectivity index (χ1v) is 17.0. The Balaban J connectivity index is 1.89. The van der Waals surface area contributed by atoms with E-state index in [-0.39, 0.29) is 22.9 Å². The highest BCUT2D eigenvalue weighted by atomic mass is 35.5. The van der Waals surface area contributed by atoms with Crippen LogP contribution in [-0.2, 0) is 38.8 Å². The van der Waals surface area contributed by atoms with Gasteiger partial charge < -0.3 is 10.2 Å². The molecule has 254 valence electrons. The summed E-state index contributed by atoms with van der Waals surface area (Å²) < 4.78 is 70.3. The SMILES string of the molecule is CC(C)(C)NC(=O)C(Cc1ccccc1)N(Cc1ccccc1Cl)C(=O)CN(c1cc(C(F)(F)F)ccc1Cl)S(=O)(=O)c1ccccc1. The van der Waals surface area contributed by atoms with E-state index in [1.54, 1.807) is 81.4 Å². The number of alkyl halides is 3. The molecule has 0 aliphatic carbocycles. The summed E-state index contributed by atoms with van der Waals surface area (Å²) >= 11 is 12.9. The molecule has 1 N–H and O–H groups in total. The fourth-order valence-electron chi connectivity index (χ4n) is 4.93. The number of nitrogens with zero attached hydrogens (tertiary/aromatic N) is 2. The third-order valence-electron chi connectivity index (χ3n) is 7.22. The Morgan fingerprint density at radius 2 is 1.40 bits per heavy atom. The molecule has 0 aromatic heterocycles. The molecule has 0 radical (unpaired) electrons. The van der Waals surface area contributed by atoms with Crippen LogP contribution < -0.4 is 9.62 Å². The fourth-order valence-corrected chi connectivity index (χ4v) is 6.84. The van der Waals surface area contributed by atoms with Crippen LogP contribution in [0.4, 0.5) is 18.9 Å². The van der Waals surface area contributed by atoms with E-state index in [0.29, 0.717) is 26.5 Å². The third-order valence-corrected chi connectivity index (χ3v) is 9.68. The Labute approximate surface area is 288 Å². The van der Waals surface area contributed by atoms with Gasteiger partial charge in [-0.25, -0.2) is 8.42 Å². The van der Waals surface area contributed by atoms with Crippen LogP contribution in [0.3, 0.4) is 0 Å². The van der Waals surface area contributed by atoms with Crippen molar-refractivity contribution in [2.24, 2.45) is 0 Å². The van der Waals surface area contributed by atoms with Gasteiger partial charge in [-0.1, -0.05) is 89.9 Å². The van der Waals surface area contributed by atoms with Gasteiger partial charge in [0.05, 0.1) is 21.2 Å². The summed E-state index contributed by atoms with van der Waals surface area (Å²) in [4.78, 5) is 29.4. The van der Waals surface area contributed by atoms with Crippen LogP contribution in [0.15, 0.2) is 108 Å². The minimum atomic E-state index is -4.84. The largest absolute Gasteiger partial charge is 0.416 e. The summed E-state index contributed by atoms with van der Waals surface area (Å²) in [6, 6.07) is 23.6. The van der Waals surface area contributed by atoms with Crippen LogP contribution in [-0.4, -0.2) is 43.3 Å². The Morgan fingerprint density at radius 1 is 0.812 bits per heavy atom. The van der Waals surface area contributed by atoms with Gasteiger partial charge in [0.1, 0.15) is 12.6 Å². The molecule has 7 nitrogen and oxygen atoms in total. The molecule has 4 rings (SSSR count). The Bertz CT molecular complexity index is 1850. The topological polar surface area (TPSA) is 86.8 Å². The van der Waals surface area contributed by atoms with Gasteiger partial charge in [0, 0.05) is 23.5 Å². The van der Waals surface area contributed by atoms with Crippen LogP contribution >= 0.6 is 23.2 Å². The number of nitrogens with one attached hydrogen (secondary N) is 1. The smallest absolute Gasteiger partial charge is 0.350 e. The molecule has 4 aromatic carbocycles. The van der Waals surface area contributed by atoms with Crippen LogP contribution in [0, 0.1) is 0 Å². The lowest BCUT2D eigenvalue weighted by Gasteiger charge is -2.35. The quantitative estimate of drug-likeness (QED) is 0.172.